The Kier molecular flexibility index (Phi) is 7.19. The number of ether oxygens (including phenoxy) is 1. The van der Waals surface area contributed by atoms with E-state index in [9.17, 15) is 4.39 Å². The van der Waals surface area contributed by atoms with Gasteiger partial charge in [-0.1, -0.05) is 24.3 Å². The Bertz CT molecular complexity index is 781. The summed E-state index contributed by atoms with van der Waals surface area (Å²) in [7, 11) is 1.72. The summed E-state index contributed by atoms with van der Waals surface area (Å²) >= 11 is 0. The van der Waals surface area contributed by atoms with Gasteiger partial charge in [-0.2, -0.15) is 0 Å². The molecule has 0 spiro atoms. The normalized spacial score (nSPS) is 17.5. The van der Waals surface area contributed by atoms with Crippen molar-refractivity contribution in [2.24, 2.45) is 4.99 Å². The molecule has 0 saturated carbocycles. The summed E-state index contributed by atoms with van der Waals surface area (Å²) in [4.78, 5) is 11.0. The number of hydrogen-bond acceptors (Lipinski definition) is 4. The molecule has 1 atom stereocenters. The summed E-state index contributed by atoms with van der Waals surface area (Å²) in [5.74, 6) is 1.49. The van der Waals surface area contributed by atoms with Crippen LogP contribution >= 0.6 is 0 Å². The van der Waals surface area contributed by atoms with E-state index in [1.807, 2.05) is 18.3 Å². The van der Waals surface area contributed by atoms with Crippen LogP contribution in [0.5, 0.6) is 0 Å². The topological polar surface area (TPSA) is 61.8 Å². The van der Waals surface area contributed by atoms with Gasteiger partial charge in [-0.3, -0.25) is 4.99 Å². The molecular weight excluding hydrogens is 357 g/mol. The molecule has 1 unspecified atom stereocenters. The van der Waals surface area contributed by atoms with Crippen molar-refractivity contribution in [1.29, 1.82) is 0 Å². The largest absolute Gasteiger partial charge is 0.375 e. The standard InChI is InChI=1S/C21H28FN5O/c1-16-15-27(11-12-28-16)20-8-7-17(13-25-20)14-26-21(23-2)24-10-9-18-5-3-4-6-19(18)22/h3-8,13,16H,9-12,14-15H2,1-2H3,(H2,23,24,26). The molecule has 150 valence electrons. The highest BCUT2D eigenvalue weighted by atomic mass is 19.1. The van der Waals surface area contributed by atoms with Gasteiger partial charge in [-0.25, -0.2) is 9.37 Å². The maximum absolute atomic E-state index is 13.7. The molecular formula is C21H28FN5O. The average Bonchev–Trinajstić information content (AvgIpc) is 2.72. The van der Waals surface area contributed by atoms with E-state index in [4.69, 9.17) is 4.74 Å². The molecule has 0 aliphatic carbocycles. The van der Waals surface area contributed by atoms with E-state index in [1.54, 1.807) is 19.2 Å². The van der Waals surface area contributed by atoms with Gasteiger partial charge in [0.2, 0.25) is 0 Å². The Hall–Kier alpha value is -2.67. The van der Waals surface area contributed by atoms with Crippen LogP contribution in [0.25, 0.3) is 0 Å². The summed E-state index contributed by atoms with van der Waals surface area (Å²) in [6.07, 6.45) is 2.71. The van der Waals surface area contributed by atoms with Gasteiger partial charge in [0.15, 0.2) is 5.96 Å². The van der Waals surface area contributed by atoms with E-state index < -0.39 is 0 Å². The molecule has 2 N–H and O–H groups in total. The minimum Gasteiger partial charge on any atom is -0.375 e. The van der Waals surface area contributed by atoms with E-state index >= 15 is 0 Å². The molecule has 7 heteroatoms. The van der Waals surface area contributed by atoms with Gasteiger partial charge < -0.3 is 20.3 Å². The van der Waals surface area contributed by atoms with Gasteiger partial charge in [0.25, 0.3) is 0 Å². The van der Waals surface area contributed by atoms with Crippen LogP contribution in [-0.2, 0) is 17.7 Å². The highest BCUT2D eigenvalue weighted by molar-refractivity contribution is 5.79. The van der Waals surface area contributed by atoms with Crippen molar-refractivity contribution in [1.82, 2.24) is 15.6 Å². The number of morpholine rings is 1. The molecule has 28 heavy (non-hydrogen) atoms. The van der Waals surface area contributed by atoms with Crippen LogP contribution in [0.4, 0.5) is 10.2 Å². The summed E-state index contributed by atoms with van der Waals surface area (Å²) in [6, 6.07) is 10.9. The molecule has 0 radical (unpaired) electrons. The van der Waals surface area contributed by atoms with Gasteiger partial charge in [0.1, 0.15) is 11.6 Å². The monoisotopic (exact) mass is 385 g/mol. The average molecular weight is 385 g/mol. The van der Waals surface area contributed by atoms with E-state index in [0.717, 1.165) is 31.1 Å². The minimum atomic E-state index is -0.173. The van der Waals surface area contributed by atoms with Gasteiger partial charge in [0, 0.05) is 39.4 Å². The summed E-state index contributed by atoms with van der Waals surface area (Å²) < 4.78 is 19.2. The number of rotatable bonds is 6. The predicted octanol–water partition coefficient (Wildman–Crippen LogP) is 2.35. The van der Waals surface area contributed by atoms with Crippen LogP contribution in [-0.4, -0.2) is 50.3 Å². The summed E-state index contributed by atoms with van der Waals surface area (Å²) in [5, 5.41) is 6.48. The van der Waals surface area contributed by atoms with Crippen LogP contribution in [0.2, 0.25) is 0 Å². The van der Waals surface area contributed by atoms with E-state index in [1.165, 1.54) is 6.07 Å². The number of aromatic nitrogens is 1. The zero-order valence-electron chi connectivity index (χ0n) is 16.5. The zero-order valence-corrected chi connectivity index (χ0v) is 16.5. The van der Waals surface area contributed by atoms with Crippen molar-refractivity contribution in [2.45, 2.75) is 26.0 Å². The van der Waals surface area contributed by atoms with Crippen molar-refractivity contribution in [2.75, 3.05) is 38.2 Å². The molecule has 3 rings (SSSR count). The number of pyridine rings is 1. The Labute approximate surface area is 165 Å². The van der Waals surface area contributed by atoms with Gasteiger partial charge in [-0.15, -0.1) is 0 Å². The highest BCUT2D eigenvalue weighted by Crippen LogP contribution is 2.15. The molecule has 1 aliphatic rings. The van der Waals surface area contributed by atoms with E-state index in [0.29, 0.717) is 31.0 Å². The van der Waals surface area contributed by atoms with Crippen molar-refractivity contribution in [3.05, 3.63) is 59.5 Å². The Morgan fingerprint density at radius 1 is 1.29 bits per heavy atom. The number of nitrogens with one attached hydrogen (secondary N) is 2. The number of anilines is 1. The predicted molar refractivity (Wildman–Crippen MR) is 110 cm³/mol. The first kappa shape index (κ1) is 20.1. The van der Waals surface area contributed by atoms with Crippen molar-refractivity contribution >= 4 is 11.8 Å². The highest BCUT2D eigenvalue weighted by Gasteiger charge is 2.17. The first-order valence-electron chi connectivity index (χ1n) is 9.65. The number of aliphatic imine (C=N–C) groups is 1. The number of hydrogen-bond donors (Lipinski definition) is 2. The lowest BCUT2D eigenvalue weighted by Gasteiger charge is -2.32. The lowest BCUT2D eigenvalue weighted by Crippen LogP contribution is -2.41. The molecule has 1 fully saturated rings. The smallest absolute Gasteiger partial charge is 0.191 e. The molecule has 0 amide bonds. The Morgan fingerprint density at radius 3 is 2.86 bits per heavy atom. The fourth-order valence-electron chi connectivity index (χ4n) is 3.16. The molecule has 1 aliphatic heterocycles. The Balaban J connectivity index is 1.45. The molecule has 1 aromatic carbocycles. The second kappa shape index (κ2) is 10.0. The Morgan fingerprint density at radius 2 is 2.14 bits per heavy atom. The molecule has 2 heterocycles. The molecule has 6 nitrogen and oxygen atoms in total. The lowest BCUT2D eigenvalue weighted by molar-refractivity contribution is 0.0529. The quantitative estimate of drug-likeness (QED) is 0.590. The third-order valence-electron chi connectivity index (χ3n) is 4.70. The van der Waals surface area contributed by atoms with Crippen molar-refractivity contribution < 1.29 is 9.13 Å². The fraction of sp³-hybridized carbons (Fsp3) is 0.429. The second-order valence-electron chi connectivity index (χ2n) is 6.85. The summed E-state index contributed by atoms with van der Waals surface area (Å²) in [5.41, 5.74) is 1.77. The first-order chi connectivity index (χ1) is 13.7. The third-order valence-corrected chi connectivity index (χ3v) is 4.70. The first-order valence-corrected chi connectivity index (χ1v) is 9.65. The van der Waals surface area contributed by atoms with Crippen LogP contribution in [0.15, 0.2) is 47.6 Å². The van der Waals surface area contributed by atoms with Gasteiger partial charge in [0.05, 0.1) is 12.7 Å². The molecule has 1 aromatic heterocycles. The zero-order chi connectivity index (χ0) is 19.8. The van der Waals surface area contributed by atoms with E-state index in [-0.39, 0.29) is 11.9 Å². The lowest BCUT2D eigenvalue weighted by atomic mass is 10.1. The number of guanidine groups is 1. The van der Waals surface area contributed by atoms with Crippen LogP contribution in [0.1, 0.15) is 18.1 Å². The number of nitrogens with zero attached hydrogens (tertiary/aromatic N) is 3. The third kappa shape index (κ3) is 5.66. The maximum Gasteiger partial charge on any atom is 0.191 e. The fourth-order valence-corrected chi connectivity index (χ4v) is 3.16. The van der Waals surface area contributed by atoms with Crippen LogP contribution in [0, 0.1) is 5.82 Å². The van der Waals surface area contributed by atoms with E-state index in [2.05, 4.69) is 38.5 Å². The van der Waals surface area contributed by atoms with Gasteiger partial charge >= 0.3 is 0 Å². The van der Waals surface area contributed by atoms with Gasteiger partial charge in [-0.05, 0) is 36.6 Å². The number of benzene rings is 1. The molecule has 2 aromatic rings. The minimum absolute atomic E-state index is 0.173. The van der Waals surface area contributed by atoms with Crippen LogP contribution in [0.3, 0.4) is 0 Å². The summed E-state index contributed by atoms with van der Waals surface area (Å²) in [6.45, 7) is 5.77. The molecule has 0 bridgehead atoms. The molecule has 1 saturated heterocycles. The maximum atomic E-state index is 13.7. The number of halogens is 1. The van der Waals surface area contributed by atoms with Crippen LogP contribution < -0.4 is 15.5 Å². The van der Waals surface area contributed by atoms with Crippen molar-refractivity contribution in [3.8, 4) is 0 Å². The van der Waals surface area contributed by atoms with Crippen molar-refractivity contribution in [3.63, 3.8) is 0 Å². The SMILES string of the molecule is CN=C(NCCc1ccccc1F)NCc1ccc(N2CCOC(C)C2)nc1. The second-order valence-corrected chi connectivity index (χ2v) is 6.85.